The Morgan fingerprint density at radius 3 is 1.74 bits per heavy atom. The minimum Gasteiger partial charge on any atom is -0.497 e. The third kappa shape index (κ3) is 7.52. The predicted molar refractivity (Wildman–Crippen MR) is 120 cm³/mol. The van der Waals surface area contributed by atoms with Gasteiger partial charge >= 0.3 is 0 Å². The van der Waals surface area contributed by atoms with Crippen LogP contribution in [0.2, 0.25) is 0 Å². The molecule has 0 atom stereocenters. The third-order valence-corrected chi connectivity index (χ3v) is 5.08. The second-order valence-electron chi connectivity index (χ2n) is 7.33. The monoisotopic (exact) mass is 477 g/mol. The van der Waals surface area contributed by atoms with Crippen LogP contribution >= 0.6 is 0 Å². The Bertz CT molecular complexity index is 1220. The van der Waals surface area contributed by atoms with E-state index >= 15 is 0 Å². The summed E-state index contributed by atoms with van der Waals surface area (Å²) in [7, 11) is -1.14. The van der Waals surface area contributed by atoms with Crippen LogP contribution in [0.5, 0.6) is 5.75 Å². The lowest BCUT2D eigenvalue weighted by Crippen LogP contribution is -2.68. The van der Waals surface area contributed by atoms with Crippen molar-refractivity contribution in [3.8, 4) is 28.1 Å². The van der Waals surface area contributed by atoms with Crippen molar-refractivity contribution < 1.29 is 38.2 Å². The fraction of sp³-hybridized carbons (Fsp3) is 0.0741. The first-order chi connectivity index (χ1) is 16.2. The SMILES string of the molecule is COc1ccc(C=Cc2cc(-c3ccccc3)cc(-c3ccccc3)[n+]2C)cc1.[O-][Cl+3]([O-])([O-])[O-]. The summed E-state index contributed by atoms with van der Waals surface area (Å²) in [6, 6.07) is 33.6. The number of hydrogen-bond acceptors (Lipinski definition) is 5. The summed E-state index contributed by atoms with van der Waals surface area (Å²) in [5, 5.41) is 0. The van der Waals surface area contributed by atoms with Crippen LogP contribution in [0.4, 0.5) is 0 Å². The van der Waals surface area contributed by atoms with Crippen LogP contribution in [0.15, 0.2) is 97.1 Å². The summed E-state index contributed by atoms with van der Waals surface area (Å²) in [6.45, 7) is 0. The fourth-order valence-electron chi connectivity index (χ4n) is 3.42. The fourth-order valence-corrected chi connectivity index (χ4v) is 3.42. The maximum absolute atomic E-state index is 8.49. The Labute approximate surface area is 201 Å². The van der Waals surface area contributed by atoms with Crippen LogP contribution in [-0.4, -0.2) is 7.11 Å². The molecular formula is C27H24ClNO5. The van der Waals surface area contributed by atoms with Gasteiger partial charge < -0.3 is 4.74 Å². The van der Waals surface area contributed by atoms with E-state index < -0.39 is 10.2 Å². The van der Waals surface area contributed by atoms with Crippen molar-refractivity contribution in [2.24, 2.45) is 7.05 Å². The van der Waals surface area contributed by atoms with Gasteiger partial charge in [-0.15, -0.1) is 10.2 Å². The number of hydrogen-bond donors (Lipinski definition) is 0. The maximum Gasteiger partial charge on any atom is 0.213 e. The molecule has 1 heterocycles. The lowest BCUT2D eigenvalue weighted by molar-refractivity contribution is -2.00. The molecule has 4 aromatic rings. The van der Waals surface area contributed by atoms with E-state index in [4.69, 9.17) is 23.4 Å². The highest BCUT2D eigenvalue weighted by atomic mass is 35.7. The van der Waals surface area contributed by atoms with Crippen LogP contribution in [0.3, 0.4) is 0 Å². The Hall–Kier alpha value is -3.52. The van der Waals surface area contributed by atoms with Gasteiger partial charge in [0.2, 0.25) is 11.4 Å². The van der Waals surface area contributed by atoms with Gasteiger partial charge in [0.25, 0.3) is 0 Å². The highest BCUT2D eigenvalue weighted by Crippen LogP contribution is 2.25. The summed E-state index contributed by atoms with van der Waals surface area (Å²) in [5.74, 6) is 0.866. The van der Waals surface area contributed by atoms with Gasteiger partial charge in [0.05, 0.1) is 7.11 Å². The van der Waals surface area contributed by atoms with E-state index in [0.717, 1.165) is 17.0 Å². The number of methoxy groups -OCH3 is 1. The molecule has 0 amide bonds. The van der Waals surface area contributed by atoms with Crippen molar-refractivity contribution in [2.45, 2.75) is 0 Å². The molecule has 3 aromatic carbocycles. The number of ether oxygens (including phenoxy) is 1. The summed E-state index contributed by atoms with van der Waals surface area (Å²) in [6.07, 6.45) is 4.30. The molecule has 34 heavy (non-hydrogen) atoms. The van der Waals surface area contributed by atoms with Gasteiger partial charge in [-0.05, 0) is 47.0 Å². The molecule has 7 heteroatoms. The highest BCUT2D eigenvalue weighted by Gasteiger charge is 2.16. The van der Waals surface area contributed by atoms with Gasteiger partial charge in [-0.1, -0.05) is 60.7 Å². The Balaban J connectivity index is 0.000000588. The Morgan fingerprint density at radius 1 is 0.676 bits per heavy atom. The van der Waals surface area contributed by atoms with E-state index in [1.165, 1.54) is 22.4 Å². The normalized spacial score (nSPS) is 11.1. The zero-order chi connectivity index (χ0) is 24.6. The van der Waals surface area contributed by atoms with Crippen molar-refractivity contribution in [3.05, 3.63) is 108 Å². The smallest absolute Gasteiger partial charge is 0.213 e. The zero-order valence-corrected chi connectivity index (χ0v) is 19.5. The van der Waals surface area contributed by atoms with Crippen LogP contribution in [0.25, 0.3) is 34.5 Å². The molecule has 0 saturated heterocycles. The molecule has 1 aromatic heterocycles. The molecule has 0 N–H and O–H groups in total. The summed E-state index contributed by atoms with van der Waals surface area (Å²) >= 11 is 0. The molecule has 174 valence electrons. The molecule has 0 radical (unpaired) electrons. The quantitative estimate of drug-likeness (QED) is 0.402. The van der Waals surface area contributed by atoms with E-state index in [1.54, 1.807) is 7.11 Å². The Morgan fingerprint density at radius 2 is 1.21 bits per heavy atom. The first-order valence-corrected chi connectivity index (χ1v) is 11.6. The number of benzene rings is 3. The van der Waals surface area contributed by atoms with E-state index in [1.807, 2.05) is 12.1 Å². The molecule has 0 saturated carbocycles. The average Bonchev–Trinajstić information content (AvgIpc) is 2.84. The van der Waals surface area contributed by atoms with Crippen molar-refractivity contribution in [1.82, 2.24) is 0 Å². The predicted octanol–water partition coefficient (Wildman–Crippen LogP) is 1.27. The van der Waals surface area contributed by atoms with Crippen molar-refractivity contribution in [3.63, 3.8) is 0 Å². The standard InChI is InChI=1S/C27H24NO.ClHO4/c1-28-25(16-13-21-14-17-26(29-2)18-15-21)19-24(22-9-5-3-6-10-22)20-27(28)23-11-7-4-8-12-23;2-1(3,4)5/h3-20H,1-2H3;(H,2,3,4,5)/q+1;/p-1. The van der Waals surface area contributed by atoms with Gasteiger partial charge in [-0.25, -0.2) is 18.6 Å². The number of halogens is 1. The van der Waals surface area contributed by atoms with Gasteiger partial charge in [0.15, 0.2) is 0 Å². The molecule has 0 fully saturated rings. The van der Waals surface area contributed by atoms with Crippen LogP contribution in [-0.2, 0) is 7.05 Å². The summed E-state index contributed by atoms with van der Waals surface area (Å²) < 4.78 is 41.5. The van der Waals surface area contributed by atoms with Crippen molar-refractivity contribution in [2.75, 3.05) is 7.11 Å². The zero-order valence-electron chi connectivity index (χ0n) is 18.8. The molecule has 0 unspecified atom stereocenters. The molecule has 6 nitrogen and oxygen atoms in total. The molecule has 0 aliphatic heterocycles. The van der Waals surface area contributed by atoms with Crippen LogP contribution in [0.1, 0.15) is 11.3 Å². The molecule has 0 bridgehead atoms. The first-order valence-electron chi connectivity index (χ1n) is 10.3. The molecular weight excluding hydrogens is 454 g/mol. The molecule has 0 spiro atoms. The lowest BCUT2D eigenvalue weighted by atomic mass is 10.0. The summed E-state index contributed by atoms with van der Waals surface area (Å²) in [4.78, 5) is 0. The summed E-state index contributed by atoms with van der Waals surface area (Å²) in [5.41, 5.74) is 7.08. The van der Waals surface area contributed by atoms with Crippen LogP contribution in [0, 0.1) is 10.2 Å². The Kier molecular flexibility index (Phi) is 8.54. The van der Waals surface area contributed by atoms with Gasteiger partial charge in [0, 0.05) is 23.8 Å². The number of nitrogens with zero attached hydrogens (tertiary/aromatic N) is 1. The minimum absolute atomic E-state index is 0.866. The van der Waals surface area contributed by atoms with Crippen molar-refractivity contribution in [1.29, 1.82) is 0 Å². The number of aromatic nitrogens is 1. The third-order valence-electron chi connectivity index (χ3n) is 5.08. The molecule has 4 rings (SSSR count). The lowest BCUT2D eigenvalue weighted by Gasteiger charge is -2.17. The number of pyridine rings is 1. The largest absolute Gasteiger partial charge is 0.497 e. The maximum atomic E-state index is 8.49. The van der Waals surface area contributed by atoms with E-state index in [9.17, 15) is 0 Å². The highest BCUT2D eigenvalue weighted by molar-refractivity contribution is 5.74. The van der Waals surface area contributed by atoms with E-state index in [-0.39, 0.29) is 0 Å². The van der Waals surface area contributed by atoms with Crippen molar-refractivity contribution >= 4 is 12.2 Å². The van der Waals surface area contributed by atoms with Crippen LogP contribution < -0.4 is 27.9 Å². The first kappa shape index (κ1) is 25.1. The second kappa shape index (κ2) is 11.6. The van der Waals surface area contributed by atoms with E-state index in [2.05, 4.69) is 109 Å². The van der Waals surface area contributed by atoms with Gasteiger partial charge in [-0.3, -0.25) is 0 Å². The second-order valence-corrected chi connectivity index (χ2v) is 8.09. The van der Waals surface area contributed by atoms with E-state index in [0.29, 0.717) is 0 Å². The number of rotatable bonds is 5. The topological polar surface area (TPSA) is 105 Å². The average molecular weight is 478 g/mol. The van der Waals surface area contributed by atoms with Gasteiger partial charge in [0.1, 0.15) is 12.8 Å². The minimum atomic E-state index is -4.94. The molecule has 0 aliphatic rings. The molecule has 0 aliphatic carbocycles. The van der Waals surface area contributed by atoms with Gasteiger partial charge in [-0.2, -0.15) is 4.57 Å².